The molecule has 1 aliphatic heterocycles. The van der Waals surface area contributed by atoms with Gasteiger partial charge in [-0.05, 0) is 24.6 Å². The molecule has 5 rings (SSSR count). The quantitative estimate of drug-likeness (QED) is 0.465. The van der Waals surface area contributed by atoms with Gasteiger partial charge in [0.2, 0.25) is 0 Å². The highest BCUT2D eigenvalue weighted by molar-refractivity contribution is 6.09. The SMILES string of the molecule is CCC(Nc1ncnc2nc[nH]c12)C1=Nc2ccccc2C(C=O)N1c1ccccc1. The van der Waals surface area contributed by atoms with Crippen LogP contribution in [0.2, 0.25) is 0 Å². The number of aromatic amines is 1. The van der Waals surface area contributed by atoms with Crippen molar-refractivity contribution >= 4 is 40.5 Å². The van der Waals surface area contributed by atoms with Crippen molar-refractivity contribution in [1.29, 1.82) is 0 Å². The third kappa shape index (κ3) is 3.31. The number of H-pyrrole nitrogens is 1. The Morgan fingerprint density at radius 3 is 2.71 bits per heavy atom. The first-order valence-electron chi connectivity index (χ1n) is 10.2. The van der Waals surface area contributed by atoms with Crippen molar-refractivity contribution < 1.29 is 4.79 Å². The van der Waals surface area contributed by atoms with Crippen LogP contribution in [0.1, 0.15) is 24.9 Å². The van der Waals surface area contributed by atoms with Gasteiger partial charge in [-0.15, -0.1) is 0 Å². The number of hydrogen-bond donors (Lipinski definition) is 2. The molecular weight excluding hydrogens is 390 g/mol. The Hall–Kier alpha value is -4.07. The molecule has 8 heteroatoms. The molecule has 2 aromatic heterocycles. The highest BCUT2D eigenvalue weighted by Crippen LogP contribution is 2.38. The van der Waals surface area contributed by atoms with Gasteiger partial charge >= 0.3 is 0 Å². The number of nitrogens with one attached hydrogen (secondary N) is 2. The molecule has 0 saturated heterocycles. The van der Waals surface area contributed by atoms with Crippen LogP contribution in [-0.2, 0) is 4.79 Å². The summed E-state index contributed by atoms with van der Waals surface area (Å²) in [6.07, 6.45) is 4.79. The minimum atomic E-state index is -0.473. The van der Waals surface area contributed by atoms with Crippen LogP contribution < -0.4 is 10.2 Å². The number of benzene rings is 2. The third-order valence-corrected chi connectivity index (χ3v) is 5.43. The Labute approximate surface area is 179 Å². The summed E-state index contributed by atoms with van der Waals surface area (Å²) in [5.41, 5.74) is 3.92. The maximum Gasteiger partial charge on any atom is 0.182 e. The number of fused-ring (bicyclic) bond motifs is 2. The first-order chi connectivity index (χ1) is 15.3. The monoisotopic (exact) mass is 411 g/mol. The van der Waals surface area contributed by atoms with Crippen molar-refractivity contribution in [3.05, 3.63) is 72.8 Å². The van der Waals surface area contributed by atoms with Gasteiger partial charge in [-0.1, -0.05) is 43.3 Å². The highest BCUT2D eigenvalue weighted by Gasteiger charge is 2.34. The smallest absolute Gasteiger partial charge is 0.182 e. The van der Waals surface area contributed by atoms with Crippen molar-refractivity contribution in [1.82, 2.24) is 19.9 Å². The molecule has 0 spiro atoms. The number of nitrogens with zero attached hydrogens (tertiary/aromatic N) is 5. The van der Waals surface area contributed by atoms with Crippen LogP contribution in [-0.4, -0.2) is 38.1 Å². The van der Waals surface area contributed by atoms with Gasteiger partial charge in [-0.25, -0.2) is 19.9 Å². The number of carbonyl (C=O) groups excluding carboxylic acids is 1. The average Bonchev–Trinajstić information content (AvgIpc) is 3.31. The van der Waals surface area contributed by atoms with E-state index in [2.05, 4.69) is 32.2 Å². The summed E-state index contributed by atoms with van der Waals surface area (Å²) in [5, 5.41) is 3.49. The van der Waals surface area contributed by atoms with Crippen molar-refractivity contribution in [3.8, 4) is 0 Å². The summed E-state index contributed by atoms with van der Waals surface area (Å²) in [6, 6.07) is 17.0. The van der Waals surface area contributed by atoms with Gasteiger partial charge < -0.3 is 20.0 Å². The minimum Gasteiger partial charge on any atom is -0.358 e. The maximum absolute atomic E-state index is 12.3. The van der Waals surface area contributed by atoms with Gasteiger partial charge in [-0.3, -0.25) is 0 Å². The van der Waals surface area contributed by atoms with Gasteiger partial charge in [0.05, 0.1) is 18.1 Å². The number of rotatable bonds is 6. The van der Waals surface area contributed by atoms with E-state index < -0.39 is 6.04 Å². The Balaban J connectivity index is 1.63. The number of anilines is 2. The fourth-order valence-corrected chi connectivity index (χ4v) is 3.95. The van der Waals surface area contributed by atoms with Crippen molar-refractivity contribution in [2.45, 2.75) is 25.4 Å². The molecule has 4 aromatic rings. The molecule has 2 atom stereocenters. The van der Waals surface area contributed by atoms with Gasteiger partial charge in [0, 0.05) is 11.3 Å². The molecule has 31 heavy (non-hydrogen) atoms. The first kappa shape index (κ1) is 18.9. The second-order valence-corrected chi connectivity index (χ2v) is 7.24. The zero-order valence-electron chi connectivity index (χ0n) is 16.9. The summed E-state index contributed by atoms with van der Waals surface area (Å²) < 4.78 is 0. The summed E-state index contributed by atoms with van der Waals surface area (Å²) in [6.45, 7) is 2.07. The van der Waals surface area contributed by atoms with Crippen LogP contribution in [0.25, 0.3) is 11.2 Å². The molecule has 0 amide bonds. The molecule has 2 N–H and O–H groups in total. The number of aldehydes is 1. The van der Waals surface area contributed by atoms with Gasteiger partial charge in [0.1, 0.15) is 30.0 Å². The summed E-state index contributed by atoms with van der Waals surface area (Å²) >= 11 is 0. The summed E-state index contributed by atoms with van der Waals surface area (Å²) in [7, 11) is 0. The molecule has 3 heterocycles. The van der Waals surface area contributed by atoms with E-state index in [0.717, 1.165) is 41.0 Å². The van der Waals surface area contributed by atoms with E-state index >= 15 is 0 Å². The van der Waals surface area contributed by atoms with E-state index in [-0.39, 0.29) is 6.04 Å². The first-order valence-corrected chi connectivity index (χ1v) is 10.2. The Morgan fingerprint density at radius 1 is 1.10 bits per heavy atom. The van der Waals surface area contributed by atoms with Crippen LogP contribution in [0.15, 0.2) is 72.2 Å². The van der Waals surface area contributed by atoms with Crippen LogP contribution in [0.3, 0.4) is 0 Å². The van der Waals surface area contributed by atoms with Crippen LogP contribution in [0, 0.1) is 0 Å². The number of hydrogen-bond acceptors (Lipinski definition) is 7. The second-order valence-electron chi connectivity index (χ2n) is 7.24. The molecule has 154 valence electrons. The lowest BCUT2D eigenvalue weighted by atomic mass is 9.98. The molecule has 0 aliphatic carbocycles. The van der Waals surface area contributed by atoms with Crippen molar-refractivity contribution in [2.75, 3.05) is 10.2 Å². The molecule has 8 nitrogen and oxygen atoms in total. The number of imidazole rings is 1. The minimum absolute atomic E-state index is 0.197. The Kier molecular flexibility index (Phi) is 4.87. The molecule has 0 radical (unpaired) electrons. The third-order valence-electron chi connectivity index (χ3n) is 5.43. The second kappa shape index (κ2) is 7.98. The summed E-state index contributed by atoms with van der Waals surface area (Å²) in [5.74, 6) is 1.40. The van der Waals surface area contributed by atoms with Gasteiger partial charge in [0.25, 0.3) is 0 Å². The molecule has 1 aliphatic rings. The number of amidine groups is 1. The van der Waals surface area contributed by atoms with E-state index in [1.807, 2.05) is 59.5 Å². The van der Waals surface area contributed by atoms with E-state index in [1.54, 1.807) is 6.33 Å². The average molecular weight is 411 g/mol. The zero-order chi connectivity index (χ0) is 21.2. The van der Waals surface area contributed by atoms with E-state index in [1.165, 1.54) is 6.33 Å². The lowest BCUT2D eigenvalue weighted by Crippen LogP contribution is -2.47. The topological polar surface area (TPSA) is 99.2 Å². The molecular formula is C23H21N7O. The van der Waals surface area contributed by atoms with Crippen molar-refractivity contribution in [3.63, 3.8) is 0 Å². The van der Waals surface area contributed by atoms with Crippen LogP contribution in [0.4, 0.5) is 17.2 Å². The Morgan fingerprint density at radius 2 is 1.90 bits per heavy atom. The summed E-state index contributed by atoms with van der Waals surface area (Å²) in [4.78, 5) is 35.2. The Bertz CT molecular complexity index is 1250. The number of carbonyl (C=O) groups is 1. The fraction of sp³-hybridized carbons (Fsp3) is 0.174. The molecule has 0 bridgehead atoms. The standard InChI is InChI=1S/C23H21N7O/c1-2-17(28-22-20-21(25-13-24-20)26-14-27-22)23-29-18-11-7-6-10-16(18)19(12-31)30(23)15-8-4-3-5-9-15/h3-14,17,19H,2H2,1H3,(H2,24,25,26,27,28). The lowest BCUT2D eigenvalue weighted by molar-refractivity contribution is -0.108. The van der Waals surface area contributed by atoms with Crippen LogP contribution in [0.5, 0.6) is 0 Å². The molecule has 0 fully saturated rings. The van der Waals surface area contributed by atoms with E-state index in [4.69, 9.17) is 4.99 Å². The van der Waals surface area contributed by atoms with Crippen LogP contribution >= 0.6 is 0 Å². The normalized spacial score (nSPS) is 16.5. The number of aliphatic imine (C=N–C) groups is 1. The fourth-order valence-electron chi connectivity index (χ4n) is 3.95. The molecule has 2 aromatic carbocycles. The maximum atomic E-state index is 12.3. The lowest BCUT2D eigenvalue weighted by Gasteiger charge is -2.38. The predicted octanol–water partition coefficient (Wildman–Crippen LogP) is 4.03. The largest absolute Gasteiger partial charge is 0.358 e. The molecule has 2 unspecified atom stereocenters. The predicted molar refractivity (Wildman–Crippen MR) is 121 cm³/mol. The zero-order valence-corrected chi connectivity index (χ0v) is 16.9. The van der Waals surface area contributed by atoms with Crippen molar-refractivity contribution in [2.24, 2.45) is 4.99 Å². The van der Waals surface area contributed by atoms with Gasteiger partial charge in [0.15, 0.2) is 11.5 Å². The number of aromatic nitrogens is 4. The van der Waals surface area contributed by atoms with E-state index in [9.17, 15) is 4.79 Å². The van der Waals surface area contributed by atoms with E-state index in [0.29, 0.717) is 11.5 Å². The van der Waals surface area contributed by atoms with Gasteiger partial charge in [-0.2, -0.15) is 0 Å². The highest BCUT2D eigenvalue weighted by atomic mass is 16.1. The number of para-hydroxylation sites is 2. The molecule has 0 saturated carbocycles.